The summed E-state index contributed by atoms with van der Waals surface area (Å²) in [5.41, 5.74) is 5.61. The van der Waals surface area contributed by atoms with E-state index in [9.17, 15) is 21.6 Å². The molecule has 1 aromatic carbocycles. The number of rotatable bonds is 4. The molecule has 0 fully saturated rings. The number of benzene rings is 1. The van der Waals surface area contributed by atoms with Crippen molar-refractivity contribution < 1.29 is 21.6 Å². The number of anilines is 1. The number of nitrogen functional groups attached to an aromatic ring is 1. The number of alkyl halides is 3. The lowest BCUT2D eigenvalue weighted by Crippen LogP contribution is -2.30. The van der Waals surface area contributed by atoms with Crippen molar-refractivity contribution in [2.45, 2.75) is 17.5 Å². The van der Waals surface area contributed by atoms with Gasteiger partial charge in [-0.15, -0.1) is 0 Å². The van der Waals surface area contributed by atoms with Crippen LogP contribution >= 0.6 is 11.6 Å². The quantitative estimate of drug-likeness (QED) is 0.868. The van der Waals surface area contributed by atoms with Crippen molar-refractivity contribution in [3.63, 3.8) is 0 Å². The molecule has 0 unspecified atom stereocenters. The number of halogens is 4. The van der Waals surface area contributed by atoms with E-state index in [0.29, 0.717) is 4.31 Å². The van der Waals surface area contributed by atoms with Crippen LogP contribution in [0.15, 0.2) is 23.1 Å². The highest BCUT2D eigenvalue weighted by Crippen LogP contribution is 2.27. The summed E-state index contributed by atoms with van der Waals surface area (Å²) in [6.45, 7) is -0.684. The van der Waals surface area contributed by atoms with Crippen LogP contribution in [0.5, 0.6) is 0 Å². The third-order valence-electron chi connectivity index (χ3n) is 2.35. The number of sulfonamides is 1. The van der Waals surface area contributed by atoms with Crippen molar-refractivity contribution in [2.75, 3.05) is 19.3 Å². The standard InChI is InChI=1S/C10H12ClF3N2O2S/c1-16(5-4-10(12,13)14)19(17,18)9-6-7(15)2-3-8(9)11/h2-3,6H,4-5,15H2,1H3. The topological polar surface area (TPSA) is 63.4 Å². The maximum absolute atomic E-state index is 12.1. The molecule has 0 saturated heterocycles. The van der Waals surface area contributed by atoms with Gasteiger partial charge < -0.3 is 5.73 Å². The Morgan fingerprint density at radius 2 is 1.95 bits per heavy atom. The highest BCUT2D eigenvalue weighted by atomic mass is 35.5. The van der Waals surface area contributed by atoms with E-state index in [0.717, 1.165) is 13.1 Å². The minimum Gasteiger partial charge on any atom is -0.399 e. The fraction of sp³-hybridized carbons (Fsp3) is 0.400. The Hall–Kier alpha value is -0.990. The van der Waals surface area contributed by atoms with Crippen LogP contribution in [0.3, 0.4) is 0 Å². The summed E-state index contributed by atoms with van der Waals surface area (Å²) < 4.78 is 60.9. The van der Waals surface area contributed by atoms with Crippen molar-refractivity contribution >= 4 is 27.3 Å². The molecule has 108 valence electrons. The summed E-state index contributed by atoms with van der Waals surface area (Å²) in [6, 6.07) is 3.79. The molecule has 0 aliphatic carbocycles. The molecule has 0 radical (unpaired) electrons. The van der Waals surface area contributed by atoms with Gasteiger partial charge in [-0.1, -0.05) is 11.6 Å². The smallest absolute Gasteiger partial charge is 0.390 e. The lowest BCUT2D eigenvalue weighted by Gasteiger charge is -2.19. The first-order chi connectivity index (χ1) is 8.54. The Morgan fingerprint density at radius 1 is 1.37 bits per heavy atom. The molecule has 0 heterocycles. The molecule has 4 nitrogen and oxygen atoms in total. The molecule has 9 heteroatoms. The van der Waals surface area contributed by atoms with E-state index >= 15 is 0 Å². The zero-order valence-electron chi connectivity index (χ0n) is 9.91. The monoisotopic (exact) mass is 316 g/mol. The zero-order chi connectivity index (χ0) is 14.8. The molecule has 0 aromatic heterocycles. The molecule has 0 atom stereocenters. The minimum absolute atomic E-state index is 0.0898. The SMILES string of the molecule is CN(CCC(F)(F)F)S(=O)(=O)c1cc(N)ccc1Cl. The van der Waals surface area contributed by atoms with Crippen molar-refractivity contribution in [1.29, 1.82) is 0 Å². The second-order valence-corrected chi connectivity index (χ2v) is 6.30. The van der Waals surface area contributed by atoms with E-state index in [1.165, 1.54) is 12.1 Å². The van der Waals surface area contributed by atoms with Crippen LogP contribution in [0.25, 0.3) is 0 Å². The Morgan fingerprint density at radius 3 is 2.47 bits per heavy atom. The zero-order valence-corrected chi connectivity index (χ0v) is 11.5. The molecular formula is C10H12ClF3N2O2S. The molecule has 0 amide bonds. The van der Waals surface area contributed by atoms with Crippen LogP contribution in [-0.4, -0.2) is 32.5 Å². The number of nitrogens with two attached hydrogens (primary N) is 1. The van der Waals surface area contributed by atoms with Gasteiger partial charge in [-0.3, -0.25) is 0 Å². The van der Waals surface area contributed by atoms with Crippen molar-refractivity contribution in [2.24, 2.45) is 0 Å². The van der Waals surface area contributed by atoms with E-state index in [4.69, 9.17) is 17.3 Å². The highest BCUT2D eigenvalue weighted by molar-refractivity contribution is 7.89. The first-order valence-electron chi connectivity index (χ1n) is 5.12. The largest absolute Gasteiger partial charge is 0.399 e. The van der Waals surface area contributed by atoms with Gasteiger partial charge in [-0.05, 0) is 18.2 Å². The normalized spacial score (nSPS) is 12.9. The first-order valence-corrected chi connectivity index (χ1v) is 6.94. The molecule has 1 rings (SSSR count). The molecule has 2 N–H and O–H groups in total. The fourth-order valence-corrected chi connectivity index (χ4v) is 2.97. The second-order valence-electron chi connectivity index (χ2n) is 3.88. The van der Waals surface area contributed by atoms with Crippen LogP contribution in [0.2, 0.25) is 5.02 Å². The molecule has 19 heavy (non-hydrogen) atoms. The van der Waals surface area contributed by atoms with Gasteiger partial charge in [0.1, 0.15) is 4.90 Å². The summed E-state index contributed by atoms with van der Waals surface area (Å²) in [6.07, 6.45) is -5.66. The van der Waals surface area contributed by atoms with Crippen molar-refractivity contribution in [3.05, 3.63) is 23.2 Å². The third-order valence-corrected chi connectivity index (χ3v) is 4.69. The van der Waals surface area contributed by atoms with Gasteiger partial charge in [-0.2, -0.15) is 13.2 Å². The van der Waals surface area contributed by atoms with Gasteiger partial charge in [-0.25, -0.2) is 12.7 Å². The summed E-state index contributed by atoms with van der Waals surface area (Å²) in [7, 11) is -3.04. The van der Waals surface area contributed by atoms with E-state index in [-0.39, 0.29) is 15.6 Å². The number of hydrogen-bond acceptors (Lipinski definition) is 3. The summed E-state index contributed by atoms with van der Waals surface area (Å²) >= 11 is 5.73. The van der Waals surface area contributed by atoms with Gasteiger partial charge in [0.15, 0.2) is 0 Å². The number of hydrogen-bond donors (Lipinski definition) is 1. The maximum Gasteiger partial charge on any atom is 0.390 e. The molecule has 0 spiro atoms. The fourth-order valence-electron chi connectivity index (χ4n) is 1.29. The predicted octanol–water partition coefficient (Wildman–Crippen LogP) is 2.50. The lowest BCUT2D eigenvalue weighted by molar-refractivity contribution is -0.135. The van der Waals surface area contributed by atoms with Crippen LogP contribution in [-0.2, 0) is 10.0 Å². The molecule has 0 aliphatic heterocycles. The Balaban J connectivity index is 3.00. The molecule has 0 saturated carbocycles. The van der Waals surface area contributed by atoms with Gasteiger partial charge in [0.25, 0.3) is 0 Å². The average molecular weight is 317 g/mol. The predicted molar refractivity (Wildman–Crippen MR) is 66.4 cm³/mol. The first kappa shape index (κ1) is 16.1. The van der Waals surface area contributed by atoms with Crippen LogP contribution < -0.4 is 5.73 Å². The molecule has 1 aromatic rings. The van der Waals surface area contributed by atoms with Crippen LogP contribution in [0.1, 0.15) is 6.42 Å². The molecule has 0 bridgehead atoms. The van der Waals surface area contributed by atoms with Crippen LogP contribution in [0, 0.1) is 0 Å². The Kier molecular flexibility index (Phi) is 4.70. The minimum atomic E-state index is -4.43. The maximum atomic E-state index is 12.1. The van der Waals surface area contributed by atoms with Gasteiger partial charge in [0.05, 0.1) is 11.4 Å². The summed E-state index contributed by atoms with van der Waals surface area (Å²) in [5.74, 6) is 0. The van der Waals surface area contributed by atoms with E-state index < -0.39 is 29.2 Å². The van der Waals surface area contributed by atoms with Gasteiger partial charge in [0.2, 0.25) is 10.0 Å². The Labute approximate surface area is 114 Å². The van der Waals surface area contributed by atoms with E-state index in [1.54, 1.807) is 0 Å². The van der Waals surface area contributed by atoms with Crippen molar-refractivity contribution in [1.82, 2.24) is 4.31 Å². The average Bonchev–Trinajstić information content (AvgIpc) is 2.28. The third kappa shape index (κ3) is 4.26. The molecule has 0 aliphatic rings. The van der Waals surface area contributed by atoms with Gasteiger partial charge in [0, 0.05) is 19.3 Å². The second kappa shape index (κ2) is 5.56. The summed E-state index contributed by atoms with van der Waals surface area (Å²) in [4.78, 5) is -0.307. The highest BCUT2D eigenvalue weighted by Gasteiger charge is 2.31. The van der Waals surface area contributed by atoms with Gasteiger partial charge >= 0.3 is 6.18 Å². The Bertz CT molecular complexity index is 560. The van der Waals surface area contributed by atoms with Crippen molar-refractivity contribution in [3.8, 4) is 0 Å². The molecular weight excluding hydrogens is 305 g/mol. The lowest BCUT2D eigenvalue weighted by atomic mass is 10.3. The van der Waals surface area contributed by atoms with E-state index in [2.05, 4.69) is 0 Å². The van der Waals surface area contributed by atoms with E-state index in [1.807, 2.05) is 0 Å². The van der Waals surface area contributed by atoms with Crippen LogP contribution in [0.4, 0.5) is 18.9 Å². The number of nitrogens with zero attached hydrogens (tertiary/aromatic N) is 1. The summed E-state index contributed by atoms with van der Waals surface area (Å²) in [5, 5.41) is -0.0898.